The number of amides is 1. The molecule has 21 heavy (non-hydrogen) atoms. The van der Waals surface area contributed by atoms with E-state index in [2.05, 4.69) is 5.32 Å². The summed E-state index contributed by atoms with van der Waals surface area (Å²) in [6, 6.07) is 7.80. The molecule has 6 nitrogen and oxygen atoms in total. The topological polar surface area (TPSA) is 107 Å². The molecule has 2 aromatic rings. The molecular formula is C14H10ClNO5. The Morgan fingerprint density at radius 3 is 2.38 bits per heavy atom. The zero-order valence-electron chi connectivity index (χ0n) is 10.5. The molecule has 1 amide bonds. The number of aromatic hydroxyl groups is 2. The number of hydrogen-bond acceptors (Lipinski definition) is 4. The van der Waals surface area contributed by atoms with E-state index in [4.69, 9.17) is 16.7 Å². The summed E-state index contributed by atoms with van der Waals surface area (Å²) in [6.07, 6.45) is 0. The maximum Gasteiger partial charge on any atom is 0.339 e. The zero-order chi connectivity index (χ0) is 15.6. The summed E-state index contributed by atoms with van der Waals surface area (Å²) < 4.78 is 0. The maximum atomic E-state index is 12.0. The highest BCUT2D eigenvalue weighted by Crippen LogP contribution is 2.27. The van der Waals surface area contributed by atoms with E-state index in [-0.39, 0.29) is 27.6 Å². The Hall–Kier alpha value is -2.73. The van der Waals surface area contributed by atoms with E-state index in [1.165, 1.54) is 24.3 Å². The summed E-state index contributed by atoms with van der Waals surface area (Å²) >= 11 is 5.79. The summed E-state index contributed by atoms with van der Waals surface area (Å²) in [5, 5.41) is 30.0. The first-order valence-electron chi connectivity index (χ1n) is 5.75. The lowest BCUT2D eigenvalue weighted by Gasteiger charge is -2.10. The number of hydrogen-bond donors (Lipinski definition) is 4. The van der Waals surface area contributed by atoms with Gasteiger partial charge < -0.3 is 20.6 Å². The van der Waals surface area contributed by atoms with E-state index in [0.717, 1.165) is 12.1 Å². The first-order chi connectivity index (χ1) is 9.90. The van der Waals surface area contributed by atoms with Crippen molar-refractivity contribution in [1.82, 2.24) is 0 Å². The monoisotopic (exact) mass is 307 g/mol. The minimum atomic E-state index is -1.27. The fraction of sp³-hybridized carbons (Fsp3) is 0. The highest BCUT2D eigenvalue weighted by molar-refractivity contribution is 6.34. The van der Waals surface area contributed by atoms with Crippen molar-refractivity contribution in [3.05, 3.63) is 52.5 Å². The smallest absolute Gasteiger partial charge is 0.339 e. The zero-order valence-corrected chi connectivity index (χ0v) is 11.3. The summed E-state index contributed by atoms with van der Waals surface area (Å²) in [4.78, 5) is 23.2. The number of halogens is 1. The SMILES string of the molecule is O=C(Nc1cccc(Cl)c1C(=O)O)c1ccc(O)c(O)c1. The van der Waals surface area contributed by atoms with Gasteiger partial charge in [0.2, 0.25) is 0 Å². The van der Waals surface area contributed by atoms with Crippen LogP contribution in [0.2, 0.25) is 5.02 Å². The number of carboxylic acids is 1. The number of carboxylic acid groups (broad SMARTS) is 1. The highest BCUT2D eigenvalue weighted by atomic mass is 35.5. The van der Waals surface area contributed by atoms with Gasteiger partial charge in [0, 0.05) is 5.56 Å². The van der Waals surface area contributed by atoms with Crippen LogP contribution in [0.5, 0.6) is 11.5 Å². The second-order valence-electron chi connectivity index (χ2n) is 4.13. The first-order valence-corrected chi connectivity index (χ1v) is 6.13. The van der Waals surface area contributed by atoms with Gasteiger partial charge in [0.05, 0.1) is 10.7 Å². The summed E-state index contributed by atoms with van der Waals surface area (Å²) in [5.41, 5.74) is -0.135. The standard InChI is InChI=1S/C14H10ClNO5/c15-8-2-1-3-9(12(8)14(20)21)16-13(19)7-4-5-10(17)11(18)6-7/h1-6,17-18H,(H,16,19)(H,20,21). The first kappa shape index (κ1) is 14.7. The van der Waals surface area contributed by atoms with Crippen LogP contribution in [0.15, 0.2) is 36.4 Å². The fourth-order valence-corrected chi connectivity index (χ4v) is 1.96. The van der Waals surface area contributed by atoms with Crippen molar-refractivity contribution in [2.45, 2.75) is 0 Å². The third kappa shape index (κ3) is 3.06. The molecule has 0 aromatic heterocycles. The Balaban J connectivity index is 2.34. The minimum absolute atomic E-state index is 0.00569. The van der Waals surface area contributed by atoms with Crippen LogP contribution in [0.4, 0.5) is 5.69 Å². The van der Waals surface area contributed by atoms with Crippen molar-refractivity contribution in [1.29, 1.82) is 0 Å². The molecule has 0 unspecified atom stereocenters. The van der Waals surface area contributed by atoms with E-state index in [1.807, 2.05) is 0 Å². The van der Waals surface area contributed by atoms with Crippen LogP contribution in [0.3, 0.4) is 0 Å². The molecule has 2 aromatic carbocycles. The normalized spacial score (nSPS) is 10.1. The third-order valence-corrected chi connectivity index (χ3v) is 3.03. The number of anilines is 1. The molecule has 0 radical (unpaired) electrons. The number of phenolic OH excluding ortho intramolecular Hbond substituents is 2. The van der Waals surface area contributed by atoms with Crippen molar-refractivity contribution >= 4 is 29.2 Å². The molecule has 4 N–H and O–H groups in total. The van der Waals surface area contributed by atoms with E-state index in [1.54, 1.807) is 0 Å². The Morgan fingerprint density at radius 2 is 1.76 bits per heavy atom. The number of phenols is 2. The Bertz CT molecular complexity index is 729. The van der Waals surface area contributed by atoms with Crippen molar-refractivity contribution in [2.75, 3.05) is 5.32 Å². The average Bonchev–Trinajstić information content (AvgIpc) is 2.41. The number of aromatic carboxylic acids is 1. The molecule has 0 fully saturated rings. The molecule has 0 atom stereocenters. The van der Waals surface area contributed by atoms with Crippen LogP contribution in [0, 0.1) is 0 Å². The largest absolute Gasteiger partial charge is 0.504 e. The number of benzene rings is 2. The quantitative estimate of drug-likeness (QED) is 0.652. The lowest BCUT2D eigenvalue weighted by Crippen LogP contribution is -2.15. The molecule has 7 heteroatoms. The molecule has 0 aliphatic carbocycles. The predicted molar refractivity (Wildman–Crippen MR) is 76.1 cm³/mol. The second-order valence-corrected chi connectivity index (χ2v) is 4.53. The van der Waals surface area contributed by atoms with Crippen LogP contribution in [0.25, 0.3) is 0 Å². The average molecular weight is 308 g/mol. The van der Waals surface area contributed by atoms with Crippen LogP contribution >= 0.6 is 11.6 Å². The number of carbonyl (C=O) groups excluding carboxylic acids is 1. The molecule has 108 valence electrons. The lowest BCUT2D eigenvalue weighted by molar-refractivity contribution is 0.0698. The van der Waals surface area contributed by atoms with Crippen LogP contribution in [0.1, 0.15) is 20.7 Å². The van der Waals surface area contributed by atoms with Gasteiger partial charge in [-0.1, -0.05) is 17.7 Å². The van der Waals surface area contributed by atoms with Gasteiger partial charge in [-0.15, -0.1) is 0 Å². The van der Waals surface area contributed by atoms with Gasteiger partial charge in [0.15, 0.2) is 11.5 Å². The summed E-state index contributed by atoms with van der Waals surface area (Å²) in [6.45, 7) is 0. The lowest BCUT2D eigenvalue weighted by atomic mass is 10.1. The van der Waals surface area contributed by atoms with E-state index in [0.29, 0.717) is 0 Å². The Labute approximate surface area is 124 Å². The van der Waals surface area contributed by atoms with Crippen LogP contribution < -0.4 is 5.32 Å². The van der Waals surface area contributed by atoms with Gasteiger partial charge >= 0.3 is 5.97 Å². The Kier molecular flexibility index (Phi) is 4.00. The summed E-state index contributed by atoms with van der Waals surface area (Å²) in [7, 11) is 0. The van der Waals surface area contributed by atoms with E-state index < -0.39 is 17.6 Å². The number of carbonyl (C=O) groups is 2. The molecule has 0 saturated heterocycles. The predicted octanol–water partition coefficient (Wildman–Crippen LogP) is 2.70. The second kappa shape index (κ2) is 5.72. The van der Waals surface area contributed by atoms with E-state index in [9.17, 15) is 19.8 Å². The third-order valence-electron chi connectivity index (χ3n) is 2.71. The van der Waals surface area contributed by atoms with Crippen LogP contribution in [-0.4, -0.2) is 27.2 Å². The van der Waals surface area contributed by atoms with Gasteiger partial charge in [0.25, 0.3) is 5.91 Å². The number of nitrogens with one attached hydrogen (secondary N) is 1. The molecule has 0 bridgehead atoms. The fourth-order valence-electron chi connectivity index (χ4n) is 1.70. The van der Waals surface area contributed by atoms with Gasteiger partial charge in [0.1, 0.15) is 5.56 Å². The van der Waals surface area contributed by atoms with Crippen molar-refractivity contribution in [3.8, 4) is 11.5 Å². The molecule has 0 saturated carbocycles. The van der Waals surface area contributed by atoms with Crippen molar-refractivity contribution < 1.29 is 24.9 Å². The van der Waals surface area contributed by atoms with Gasteiger partial charge in [-0.2, -0.15) is 0 Å². The van der Waals surface area contributed by atoms with Gasteiger partial charge in [-0.25, -0.2) is 4.79 Å². The van der Waals surface area contributed by atoms with Gasteiger partial charge in [-0.3, -0.25) is 4.79 Å². The molecule has 0 aliphatic heterocycles. The van der Waals surface area contributed by atoms with E-state index >= 15 is 0 Å². The van der Waals surface area contributed by atoms with Gasteiger partial charge in [-0.05, 0) is 30.3 Å². The maximum absolute atomic E-state index is 12.0. The van der Waals surface area contributed by atoms with Crippen molar-refractivity contribution in [2.24, 2.45) is 0 Å². The minimum Gasteiger partial charge on any atom is -0.504 e. The molecule has 2 rings (SSSR count). The Morgan fingerprint density at radius 1 is 1.05 bits per heavy atom. The number of rotatable bonds is 3. The van der Waals surface area contributed by atoms with Crippen molar-refractivity contribution in [3.63, 3.8) is 0 Å². The van der Waals surface area contributed by atoms with Crippen LogP contribution in [-0.2, 0) is 0 Å². The molecule has 0 spiro atoms. The highest BCUT2D eigenvalue weighted by Gasteiger charge is 2.17. The molecule has 0 heterocycles. The molecular weight excluding hydrogens is 298 g/mol. The molecule has 0 aliphatic rings. The summed E-state index contributed by atoms with van der Waals surface area (Å²) in [5.74, 6) is -2.73.